The van der Waals surface area contributed by atoms with Gasteiger partial charge in [0.05, 0.1) is 29.2 Å². The van der Waals surface area contributed by atoms with Crippen molar-refractivity contribution in [3.05, 3.63) is 112 Å². The van der Waals surface area contributed by atoms with E-state index in [9.17, 15) is 9.59 Å². The summed E-state index contributed by atoms with van der Waals surface area (Å²) >= 11 is 0. The zero-order valence-corrected chi connectivity index (χ0v) is 21.6. The second kappa shape index (κ2) is 12.3. The molecule has 0 bridgehead atoms. The molecule has 37 heavy (non-hydrogen) atoms. The highest BCUT2D eigenvalue weighted by Crippen LogP contribution is 2.26. The molecule has 3 aromatic carbocycles. The van der Waals surface area contributed by atoms with E-state index in [2.05, 4.69) is 6.92 Å². The lowest BCUT2D eigenvalue weighted by molar-refractivity contribution is -0.129. The van der Waals surface area contributed by atoms with Gasteiger partial charge in [0, 0.05) is 19.7 Å². The van der Waals surface area contributed by atoms with E-state index >= 15 is 0 Å². The Hall–Kier alpha value is -4.03. The third-order valence-corrected chi connectivity index (χ3v) is 6.50. The molecule has 6 nitrogen and oxygen atoms in total. The second-order valence-electron chi connectivity index (χ2n) is 8.84. The van der Waals surface area contributed by atoms with Crippen molar-refractivity contribution in [3.63, 3.8) is 0 Å². The van der Waals surface area contributed by atoms with E-state index in [-0.39, 0.29) is 11.5 Å². The predicted octanol–water partition coefficient (Wildman–Crippen LogP) is 5.59. The summed E-state index contributed by atoms with van der Waals surface area (Å²) in [5.74, 6) is 0.371. The normalized spacial score (nSPS) is 12.2. The first-order chi connectivity index (χ1) is 18.1. The van der Waals surface area contributed by atoms with Crippen LogP contribution in [0.1, 0.15) is 43.3 Å². The molecule has 4 aromatic rings. The molecule has 6 heteroatoms. The molecule has 0 aliphatic rings. The van der Waals surface area contributed by atoms with Crippen molar-refractivity contribution in [1.29, 1.82) is 0 Å². The highest BCUT2D eigenvalue weighted by Gasteiger charge is 2.28. The zero-order chi connectivity index (χ0) is 26.2. The van der Waals surface area contributed by atoms with Crippen molar-refractivity contribution in [2.45, 2.75) is 32.7 Å². The maximum atomic E-state index is 13.8. The van der Waals surface area contributed by atoms with Crippen molar-refractivity contribution in [2.75, 3.05) is 20.3 Å². The molecule has 0 saturated heterocycles. The molecule has 0 N–H and O–H groups in total. The van der Waals surface area contributed by atoms with Crippen LogP contribution in [0.3, 0.4) is 0 Å². The summed E-state index contributed by atoms with van der Waals surface area (Å²) in [6, 6.07) is 24.6. The Kier molecular flexibility index (Phi) is 8.64. The number of para-hydroxylation sites is 1. The molecule has 0 aliphatic heterocycles. The first-order valence-electron chi connectivity index (χ1n) is 12.7. The van der Waals surface area contributed by atoms with Crippen molar-refractivity contribution >= 4 is 22.9 Å². The number of carbonyl (C=O) groups is 1. The van der Waals surface area contributed by atoms with Crippen LogP contribution in [-0.4, -0.2) is 40.6 Å². The van der Waals surface area contributed by atoms with Crippen LogP contribution in [0.25, 0.3) is 22.7 Å². The Bertz CT molecular complexity index is 1430. The highest BCUT2D eigenvalue weighted by molar-refractivity contribution is 5.92. The van der Waals surface area contributed by atoms with Crippen LogP contribution in [0.15, 0.2) is 89.7 Å². The second-order valence-corrected chi connectivity index (χ2v) is 8.84. The van der Waals surface area contributed by atoms with Gasteiger partial charge in [-0.1, -0.05) is 68.4 Å². The molecule has 1 heterocycles. The Labute approximate surface area is 217 Å². The van der Waals surface area contributed by atoms with Gasteiger partial charge in [-0.05, 0) is 54.3 Å². The first kappa shape index (κ1) is 26.0. The lowest BCUT2D eigenvalue weighted by Gasteiger charge is -2.31. The molecular formula is C31H33N3O3. The number of benzene rings is 3. The number of hydrogen-bond donors (Lipinski definition) is 0. The van der Waals surface area contributed by atoms with Crippen LogP contribution >= 0.6 is 0 Å². The number of aromatic nitrogens is 2. The molecule has 0 fully saturated rings. The fraction of sp³-hybridized carbons (Fsp3) is 0.258. The third kappa shape index (κ3) is 5.87. The number of fused-ring (bicyclic) bond motifs is 1. The Morgan fingerprint density at radius 2 is 1.70 bits per heavy atom. The summed E-state index contributed by atoms with van der Waals surface area (Å²) in [6.45, 7) is 4.83. The zero-order valence-electron chi connectivity index (χ0n) is 21.6. The van der Waals surface area contributed by atoms with Crippen molar-refractivity contribution in [2.24, 2.45) is 0 Å². The molecule has 1 aromatic heterocycles. The molecule has 190 valence electrons. The Morgan fingerprint density at radius 1 is 1.00 bits per heavy atom. The smallest absolute Gasteiger partial charge is 0.266 e. The summed E-state index contributed by atoms with van der Waals surface area (Å²) in [5.41, 5.74) is 3.31. The predicted molar refractivity (Wildman–Crippen MR) is 149 cm³/mol. The van der Waals surface area contributed by atoms with E-state index in [4.69, 9.17) is 9.72 Å². The molecule has 1 atom stereocenters. The first-order valence-corrected chi connectivity index (χ1v) is 12.7. The van der Waals surface area contributed by atoms with Crippen LogP contribution in [0.4, 0.5) is 0 Å². The van der Waals surface area contributed by atoms with E-state index in [1.807, 2.05) is 79.7 Å². The molecule has 0 saturated carbocycles. The number of aryl methyl sites for hydroxylation is 1. The number of carbonyl (C=O) groups excluding carboxylic acids is 1. The molecule has 4 rings (SSSR count). The van der Waals surface area contributed by atoms with E-state index in [1.165, 1.54) is 5.56 Å². The number of methoxy groups -OCH3 is 1. The molecule has 0 spiro atoms. The van der Waals surface area contributed by atoms with Crippen LogP contribution in [0.5, 0.6) is 0 Å². The van der Waals surface area contributed by atoms with Crippen LogP contribution in [0, 0.1) is 0 Å². The van der Waals surface area contributed by atoms with Gasteiger partial charge in [-0.25, -0.2) is 4.98 Å². The molecule has 0 radical (unpaired) electrons. The summed E-state index contributed by atoms with van der Waals surface area (Å²) in [7, 11) is 1.61. The maximum absolute atomic E-state index is 13.8. The van der Waals surface area contributed by atoms with Crippen molar-refractivity contribution in [3.8, 4) is 5.69 Å². The van der Waals surface area contributed by atoms with Crippen LogP contribution in [0.2, 0.25) is 0 Å². The topological polar surface area (TPSA) is 64.4 Å². The highest BCUT2D eigenvalue weighted by atomic mass is 16.5. The van der Waals surface area contributed by atoms with E-state index in [1.54, 1.807) is 34.8 Å². The minimum atomic E-state index is -0.439. The number of hydrogen-bond acceptors (Lipinski definition) is 4. The standard InChI is InChI=1S/C31H33N3O3/c1-4-23-15-18-25(19-16-23)34-30(32-27-14-10-9-13-26(27)31(34)36)28(5-2)33(21-22-37-3)29(35)20-17-24-11-7-6-8-12-24/h6-20,28H,4-5,21-22H2,1-3H3/b20-17+. The fourth-order valence-corrected chi connectivity index (χ4v) is 4.48. The SMILES string of the molecule is CCc1ccc(-n2c(C(CC)N(CCOC)C(=O)/C=C/c3ccccc3)nc3ccccc3c2=O)cc1. The quantitative estimate of drug-likeness (QED) is 0.269. The minimum Gasteiger partial charge on any atom is -0.383 e. The minimum absolute atomic E-state index is 0.151. The average Bonchev–Trinajstić information content (AvgIpc) is 2.94. The summed E-state index contributed by atoms with van der Waals surface area (Å²) in [6.07, 6.45) is 4.86. The molecule has 1 unspecified atom stereocenters. The Morgan fingerprint density at radius 3 is 2.38 bits per heavy atom. The van der Waals surface area contributed by atoms with Gasteiger partial charge < -0.3 is 9.64 Å². The lowest BCUT2D eigenvalue weighted by atomic mass is 10.1. The molecular weight excluding hydrogens is 462 g/mol. The fourth-order valence-electron chi connectivity index (χ4n) is 4.48. The van der Waals surface area contributed by atoms with Gasteiger partial charge >= 0.3 is 0 Å². The molecule has 1 amide bonds. The monoisotopic (exact) mass is 495 g/mol. The third-order valence-electron chi connectivity index (χ3n) is 6.50. The van der Waals surface area contributed by atoms with Gasteiger partial charge in [-0.3, -0.25) is 14.2 Å². The summed E-state index contributed by atoms with van der Waals surface area (Å²) < 4.78 is 7.00. The van der Waals surface area contributed by atoms with Gasteiger partial charge in [0.2, 0.25) is 5.91 Å². The van der Waals surface area contributed by atoms with Gasteiger partial charge in [0.1, 0.15) is 5.82 Å². The van der Waals surface area contributed by atoms with Gasteiger partial charge in [-0.15, -0.1) is 0 Å². The number of rotatable bonds is 10. The van der Waals surface area contributed by atoms with Gasteiger partial charge in [-0.2, -0.15) is 0 Å². The maximum Gasteiger partial charge on any atom is 0.266 e. The summed E-state index contributed by atoms with van der Waals surface area (Å²) in [4.78, 5) is 34.1. The lowest BCUT2D eigenvalue weighted by Crippen LogP contribution is -2.39. The largest absolute Gasteiger partial charge is 0.383 e. The average molecular weight is 496 g/mol. The van der Waals surface area contributed by atoms with Crippen LogP contribution in [-0.2, 0) is 16.0 Å². The molecule has 0 aliphatic carbocycles. The van der Waals surface area contributed by atoms with E-state index < -0.39 is 6.04 Å². The summed E-state index contributed by atoms with van der Waals surface area (Å²) in [5, 5.41) is 0.541. The van der Waals surface area contributed by atoms with Gasteiger partial charge in [0.25, 0.3) is 5.56 Å². The van der Waals surface area contributed by atoms with Crippen LogP contribution < -0.4 is 5.56 Å². The number of amides is 1. The van der Waals surface area contributed by atoms with Crippen molar-refractivity contribution in [1.82, 2.24) is 14.5 Å². The van der Waals surface area contributed by atoms with E-state index in [0.29, 0.717) is 36.3 Å². The van der Waals surface area contributed by atoms with E-state index in [0.717, 1.165) is 17.7 Å². The van der Waals surface area contributed by atoms with Gasteiger partial charge in [0.15, 0.2) is 0 Å². The number of ether oxygens (including phenoxy) is 1. The van der Waals surface area contributed by atoms with Crippen molar-refractivity contribution < 1.29 is 9.53 Å². The Balaban J connectivity index is 1.85. The number of nitrogens with zero attached hydrogens (tertiary/aromatic N) is 3.